The standard InChI is InChI=1S/C21H40/c1-4-7-17(2)8-5-10-19-12-14-20(15-13-19)21-11-6-9-18(3)16-21/h17-21H,4-16H2,1-3H3. The number of hydrogen-bond acceptors (Lipinski definition) is 0. The van der Waals surface area contributed by atoms with Crippen molar-refractivity contribution in [1.29, 1.82) is 0 Å². The quantitative estimate of drug-likeness (QED) is 0.464. The molecule has 0 bridgehead atoms. The van der Waals surface area contributed by atoms with Crippen LogP contribution in [0.4, 0.5) is 0 Å². The molecule has 2 fully saturated rings. The molecule has 0 radical (unpaired) electrons. The first-order valence-corrected chi connectivity index (χ1v) is 10.2. The molecule has 0 aromatic carbocycles. The van der Waals surface area contributed by atoms with Crippen molar-refractivity contribution in [3.63, 3.8) is 0 Å². The van der Waals surface area contributed by atoms with Crippen molar-refractivity contribution in [2.75, 3.05) is 0 Å². The number of rotatable bonds is 7. The zero-order chi connectivity index (χ0) is 15.1. The minimum Gasteiger partial charge on any atom is -0.0654 e. The minimum absolute atomic E-state index is 0.968. The Morgan fingerprint density at radius 3 is 2.33 bits per heavy atom. The van der Waals surface area contributed by atoms with Gasteiger partial charge in [-0.15, -0.1) is 0 Å². The van der Waals surface area contributed by atoms with Crippen molar-refractivity contribution in [3.05, 3.63) is 0 Å². The van der Waals surface area contributed by atoms with Gasteiger partial charge in [0.1, 0.15) is 0 Å². The van der Waals surface area contributed by atoms with E-state index in [1.807, 2.05) is 0 Å². The highest BCUT2D eigenvalue weighted by molar-refractivity contribution is 4.81. The second kappa shape index (κ2) is 9.21. The van der Waals surface area contributed by atoms with Gasteiger partial charge in [0, 0.05) is 0 Å². The van der Waals surface area contributed by atoms with Crippen LogP contribution in [0, 0.1) is 29.6 Å². The van der Waals surface area contributed by atoms with Gasteiger partial charge < -0.3 is 0 Å². The molecule has 0 heterocycles. The van der Waals surface area contributed by atoms with Crippen LogP contribution < -0.4 is 0 Å². The zero-order valence-electron chi connectivity index (χ0n) is 15.1. The lowest BCUT2D eigenvalue weighted by Crippen LogP contribution is -2.25. The average Bonchev–Trinajstić information content (AvgIpc) is 2.48. The highest BCUT2D eigenvalue weighted by atomic mass is 14.4. The molecule has 2 aliphatic rings. The normalized spacial score (nSPS) is 35.6. The first kappa shape index (κ1) is 17.4. The molecule has 0 aliphatic heterocycles. The van der Waals surface area contributed by atoms with Crippen molar-refractivity contribution in [3.8, 4) is 0 Å². The third kappa shape index (κ3) is 5.95. The molecule has 21 heavy (non-hydrogen) atoms. The van der Waals surface area contributed by atoms with Crippen molar-refractivity contribution in [2.24, 2.45) is 29.6 Å². The van der Waals surface area contributed by atoms with E-state index in [0.717, 1.165) is 29.6 Å². The molecule has 2 saturated carbocycles. The molecule has 0 aromatic heterocycles. The predicted molar refractivity (Wildman–Crippen MR) is 94.5 cm³/mol. The Morgan fingerprint density at radius 2 is 1.67 bits per heavy atom. The Morgan fingerprint density at radius 1 is 0.905 bits per heavy atom. The third-order valence-electron chi connectivity index (χ3n) is 6.63. The molecular formula is C21H40. The van der Waals surface area contributed by atoms with Crippen LogP contribution in [0.2, 0.25) is 0 Å². The molecule has 0 aromatic rings. The van der Waals surface area contributed by atoms with Crippen LogP contribution in [0.3, 0.4) is 0 Å². The first-order chi connectivity index (χ1) is 10.2. The zero-order valence-corrected chi connectivity index (χ0v) is 15.1. The van der Waals surface area contributed by atoms with Crippen LogP contribution in [0.1, 0.15) is 104 Å². The van der Waals surface area contributed by atoms with Crippen LogP contribution in [-0.2, 0) is 0 Å². The summed E-state index contributed by atoms with van der Waals surface area (Å²) in [5.41, 5.74) is 0. The van der Waals surface area contributed by atoms with Gasteiger partial charge in [-0.3, -0.25) is 0 Å². The SMILES string of the molecule is CCCC(C)CCCC1CCC(C2CCCC(C)C2)CC1. The van der Waals surface area contributed by atoms with Crippen molar-refractivity contribution in [1.82, 2.24) is 0 Å². The monoisotopic (exact) mass is 292 g/mol. The topological polar surface area (TPSA) is 0 Å². The van der Waals surface area contributed by atoms with Crippen LogP contribution in [0.5, 0.6) is 0 Å². The molecular weight excluding hydrogens is 252 g/mol. The molecule has 0 nitrogen and oxygen atoms in total. The van der Waals surface area contributed by atoms with E-state index in [0.29, 0.717) is 0 Å². The van der Waals surface area contributed by atoms with Gasteiger partial charge in [0.15, 0.2) is 0 Å². The highest BCUT2D eigenvalue weighted by Crippen LogP contribution is 2.42. The Balaban J connectivity index is 1.59. The van der Waals surface area contributed by atoms with Gasteiger partial charge in [-0.05, 0) is 48.9 Å². The second-order valence-electron chi connectivity index (χ2n) is 8.64. The summed E-state index contributed by atoms with van der Waals surface area (Å²) in [6.45, 7) is 7.25. The van der Waals surface area contributed by atoms with Crippen LogP contribution in [0.25, 0.3) is 0 Å². The van der Waals surface area contributed by atoms with Crippen molar-refractivity contribution < 1.29 is 0 Å². The molecule has 3 unspecified atom stereocenters. The smallest absolute Gasteiger partial charge is 0.0383 e. The Labute approximate surface area is 134 Å². The highest BCUT2D eigenvalue weighted by Gasteiger charge is 2.30. The van der Waals surface area contributed by atoms with Gasteiger partial charge >= 0.3 is 0 Å². The van der Waals surface area contributed by atoms with Gasteiger partial charge in [-0.1, -0.05) is 85.0 Å². The van der Waals surface area contributed by atoms with E-state index >= 15 is 0 Å². The summed E-state index contributed by atoms with van der Waals surface area (Å²) in [7, 11) is 0. The lowest BCUT2D eigenvalue weighted by Gasteiger charge is -2.37. The second-order valence-corrected chi connectivity index (χ2v) is 8.64. The molecule has 3 atom stereocenters. The molecule has 0 saturated heterocycles. The van der Waals surface area contributed by atoms with Gasteiger partial charge in [0.2, 0.25) is 0 Å². The molecule has 2 rings (SSSR count). The van der Waals surface area contributed by atoms with E-state index in [-0.39, 0.29) is 0 Å². The van der Waals surface area contributed by atoms with Crippen molar-refractivity contribution >= 4 is 0 Å². The van der Waals surface area contributed by atoms with Gasteiger partial charge in [-0.2, -0.15) is 0 Å². The van der Waals surface area contributed by atoms with Gasteiger partial charge in [0.05, 0.1) is 0 Å². The van der Waals surface area contributed by atoms with E-state index in [2.05, 4.69) is 20.8 Å². The fourth-order valence-electron chi connectivity index (χ4n) is 5.25. The van der Waals surface area contributed by atoms with E-state index in [4.69, 9.17) is 0 Å². The molecule has 0 amide bonds. The van der Waals surface area contributed by atoms with E-state index in [9.17, 15) is 0 Å². The van der Waals surface area contributed by atoms with Crippen LogP contribution >= 0.6 is 0 Å². The van der Waals surface area contributed by atoms with E-state index < -0.39 is 0 Å². The first-order valence-electron chi connectivity index (χ1n) is 10.2. The maximum atomic E-state index is 2.48. The molecule has 0 heteroatoms. The Hall–Kier alpha value is 0. The summed E-state index contributed by atoms with van der Waals surface area (Å²) in [5, 5.41) is 0. The minimum atomic E-state index is 0.968. The van der Waals surface area contributed by atoms with Gasteiger partial charge in [-0.25, -0.2) is 0 Å². The molecule has 2 aliphatic carbocycles. The predicted octanol–water partition coefficient (Wildman–Crippen LogP) is 7.23. The molecule has 0 N–H and O–H groups in total. The third-order valence-corrected chi connectivity index (χ3v) is 6.63. The molecule has 0 spiro atoms. The van der Waals surface area contributed by atoms with Gasteiger partial charge in [0.25, 0.3) is 0 Å². The maximum Gasteiger partial charge on any atom is -0.0383 e. The summed E-state index contributed by atoms with van der Waals surface area (Å²) in [5.74, 6) is 5.26. The summed E-state index contributed by atoms with van der Waals surface area (Å²) in [4.78, 5) is 0. The Kier molecular flexibility index (Phi) is 7.61. The molecule has 124 valence electrons. The van der Waals surface area contributed by atoms with Crippen LogP contribution in [-0.4, -0.2) is 0 Å². The largest absolute Gasteiger partial charge is 0.0654 e. The fourth-order valence-corrected chi connectivity index (χ4v) is 5.25. The van der Waals surface area contributed by atoms with Crippen LogP contribution in [0.15, 0.2) is 0 Å². The maximum absolute atomic E-state index is 2.48. The summed E-state index contributed by atoms with van der Waals surface area (Å²) < 4.78 is 0. The lowest BCUT2D eigenvalue weighted by atomic mass is 9.68. The number of hydrogen-bond donors (Lipinski definition) is 0. The fraction of sp³-hybridized carbons (Fsp3) is 1.00. The van der Waals surface area contributed by atoms with Crippen molar-refractivity contribution in [2.45, 2.75) is 104 Å². The summed E-state index contributed by atoms with van der Waals surface area (Å²) in [6.07, 6.45) is 19.7. The summed E-state index contributed by atoms with van der Waals surface area (Å²) >= 11 is 0. The average molecular weight is 293 g/mol. The Bertz CT molecular complexity index is 261. The van der Waals surface area contributed by atoms with E-state index in [1.165, 1.54) is 44.9 Å². The van der Waals surface area contributed by atoms with E-state index in [1.54, 1.807) is 38.5 Å². The lowest BCUT2D eigenvalue weighted by molar-refractivity contribution is 0.141. The summed E-state index contributed by atoms with van der Waals surface area (Å²) in [6, 6.07) is 0.